The highest BCUT2D eigenvalue weighted by Crippen LogP contribution is 2.20. The van der Waals surface area contributed by atoms with Crippen LogP contribution < -0.4 is 16.0 Å². The first-order valence-electron chi connectivity index (χ1n) is 12.5. The summed E-state index contributed by atoms with van der Waals surface area (Å²) in [7, 11) is 0. The van der Waals surface area contributed by atoms with Gasteiger partial charge in [-0.2, -0.15) is 0 Å². The molecule has 0 spiro atoms. The summed E-state index contributed by atoms with van der Waals surface area (Å²) in [6.07, 6.45) is 2.73. The zero-order valence-corrected chi connectivity index (χ0v) is 20.6. The van der Waals surface area contributed by atoms with Crippen molar-refractivity contribution in [1.82, 2.24) is 14.8 Å². The van der Waals surface area contributed by atoms with Crippen LogP contribution in [0.4, 0.5) is 11.4 Å². The van der Waals surface area contributed by atoms with E-state index in [0.717, 1.165) is 45.6 Å². The normalized spacial score (nSPS) is 14.3. The topological polar surface area (TPSA) is 114 Å². The van der Waals surface area contributed by atoms with Gasteiger partial charge in [-0.3, -0.25) is 24.4 Å². The molecule has 1 N–H and O–H groups in total. The molecule has 10 nitrogen and oxygen atoms in total. The summed E-state index contributed by atoms with van der Waals surface area (Å²) in [6, 6.07) is 12.7. The first kappa shape index (κ1) is 25.4. The molecule has 0 aliphatic carbocycles. The fourth-order valence-corrected chi connectivity index (χ4v) is 4.61. The minimum absolute atomic E-state index is 0.0433. The number of piperazine rings is 1. The number of fused-ring (bicyclic) bond motifs is 1. The van der Waals surface area contributed by atoms with Crippen molar-refractivity contribution in [3.8, 4) is 0 Å². The Kier molecular flexibility index (Phi) is 8.37. The molecule has 2 heterocycles. The van der Waals surface area contributed by atoms with E-state index in [1.165, 1.54) is 34.0 Å². The maximum Gasteiger partial charge on any atom is 0.419 e. The van der Waals surface area contributed by atoms with Crippen molar-refractivity contribution in [2.75, 3.05) is 44.2 Å². The van der Waals surface area contributed by atoms with Crippen molar-refractivity contribution < 1.29 is 14.1 Å². The van der Waals surface area contributed by atoms with Crippen molar-refractivity contribution in [3.63, 3.8) is 0 Å². The number of oxazole rings is 1. The average Bonchev–Trinajstić information content (AvgIpc) is 3.18. The van der Waals surface area contributed by atoms with Gasteiger partial charge in [0.25, 0.3) is 5.69 Å². The van der Waals surface area contributed by atoms with Gasteiger partial charge in [-0.25, -0.2) is 4.79 Å². The van der Waals surface area contributed by atoms with E-state index in [1.54, 1.807) is 0 Å². The molecule has 4 rings (SSSR count). The molecule has 0 unspecified atom stereocenters. The number of aromatic nitrogens is 1. The van der Waals surface area contributed by atoms with Crippen molar-refractivity contribution in [3.05, 3.63) is 68.7 Å². The lowest BCUT2D eigenvalue weighted by Crippen LogP contribution is -2.46. The van der Waals surface area contributed by atoms with Crippen LogP contribution in [0.25, 0.3) is 11.1 Å². The molecule has 1 aliphatic rings. The number of carbonyl (C=O) groups is 1. The monoisotopic (exact) mass is 495 g/mol. The molecule has 36 heavy (non-hydrogen) atoms. The van der Waals surface area contributed by atoms with Gasteiger partial charge in [0.15, 0.2) is 5.58 Å². The van der Waals surface area contributed by atoms with E-state index < -0.39 is 10.7 Å². The number of carbonyl (C=O) groups excluding carboxylic acids is 1. The Morgan fingerprint density at radius 1 is 1.06 bits per heavy atom. The lowest BCUT2D eigenvalue weighted by Gasteiger charge is -2.36. The zero-order chi connectivity index (χ0) is 25.5. The number of nitro groups is 1. The van der Waals surface area contributed by atoms with Crippen LogP contribution in [-0.2, 0) is 11.3 Å². The van der Waals surface area contributed by atoms with E-state index in [2.05, 4.69) is 46.3 Å². The first-order valence-corrected chi connectivity index (χ1v) is 12.5. The van der Waals surface area contributed by atoms with Gasteiger partial charge in [0.05, 0.1) is 16.5 Å². The quantitative estimate of drug-likeness (QED) is 0.247. The van der Waals surface area contributed by atoms with Gasteiger partial charge in [-0.05, 0) is 56.5 Å². The molecule has 192 valence electrons. The Balaban J connectivity index is 1.10. The summed E-state index contributed by atoms with van der Waals surface area (Å²) < 4.78 is 6.53. The summed E-state index contributed by atoms with van der Waals surface area (Å²) in [5, 5.41) is 13.8. The molecule has 10 heteroatoms. The van der Waals surface area contributed by atoms with Crippen LogP contribution in [0.1, 0.15) is 31.2 Å². The Labute approximate surface area is 209 Å². The summed E-state index contributed by atoms with van der Waals surface area (Å²) in [4.78, 5) is 39.6. The molecule has 3 aromatic rings. The average molecular weight is 496 g/mol. The van der Waals surface area contributed by atoms with Crippen LogP contribution in [0, 0.1) is 17.0 Å². The summed E-state index contributed by atoms with van der Waals surface area (Å²) in [6.45, 7) is 8.28. The number of benzene rings is 2. The fourth-order valence-electron chi connectivity index (χ4n) is 4.61. The number of hydrogen-bond donors (Lipinski definition) is 1. The van der Waals surface area contributed by atoms with Gasteiger partial charge < -0.3 is 14.6 Å². The SMILES string of the molecule is Cc1cccc(N2CCN(CCCCNC(=O)CCCn3c(=O)oc4cc([N+](=O)[O-])ccc43)CC2)c1. The Hall–Kier alpha value is -3.66. The highest BCUT2D eigenvalue weighted by Gasteiger charge is 2.17. The number of aryl methyl sites for hydroxylation is 2. The molecule has 1 saturated heterocycles. The number of amides is 1. The standard InChI is InChI=1S/C26H33N5O5/c1-20-6-4-7-21(18-20)29-16-14-28(15-17-29)12-3-2-11-27-25(32)8-5-13-30-23-10-9-22(31(34)35)19-24(23)36-26(30)33/h4,6-7,9-10,18-19H,2-3,5,8,11-17H2,1H3,(H,27,32). The van der Waals surface area contributed by atoms with Gasteiger partial charge in [0.1, 0.15) is 0 Å². The molecule has 1 aromatic heterocycles. The second-order valence-electron chi connectivity index (χ2n) is 9.26. The van der Waals surface area contributed by atoms with Crippen LogP contribution in [0.15, 0.2) is 51.7 Å². The van der Waals surface area contributed by atoms with Crippen molar-refractivity contribution in [1.29, 1.82) is 0 Å². The number of nitrogens with zero attached hydrogens (tertiary/aromatic N) is 4. The minimum Gasteiger partial charge on any atom is -0.407 e. The molecule has 0 bridgehead atoms. The number of rotatable bonds is 11. The van der Waals surface area contributed by atoms with Gasteiger partial charge in [0.2, 0.25) is 5.91 Å². The largest absolute Gasteiger partial charge is 0.419 e. The number of non-ortho nitro benzene ring substituents is 1. The molecule has 0 saturated carbocycles. The van der Waals surface area contributed by atoms with Gasteiger partial charge in [-0.1, -0.05) is 12.1 Å². The van der Waals surface area contributed by atoms with Crippen molar-refractivity contribution in [2.45, 2.75) is 39.2 Å². The van der Waals surface area contributed by atoms with Gasteiger partial charge in [0, 0.05) is 57.4 Å². The molecular formula is C26H33N5O5. The minimum atomic E-state index is -0.578. The van der Waals surface area contributed by atoms with E-state index >= 15 is 0 Å². The Bertz CT molecular complexity index is 1260. The highest BCUT2D eigenvalue weighted by molar-refractivity contribution is 5.76. The summed E-state index contributed by atoms with van der Waals surface area (Å²) in [5.74, 6) is -0.621. The van der Waals surface area contributed by atoms with Crippen LogP contribution in [-0.4, -0.2) is 59.6 Å². The lowest BCUT2D eigenvalue weighted by molar-refractivity contribution is -0.384. The van der Waals surface area contributed by atoms with Crippen LogP contribution in [0.2, 0.25) is 0 Å². The number of anilines is 1. The molecule has 2 aromatic carbocycles. The smallest absolute Gasteiger partial charge is 0.407 e. The number of nitrogens with one attached hydrogen (secondary N) is 1. The Morgan fingerprint density at radius 3 is 2.61 bits per heavy atom. The maximum atomic E-state index is 12.2. The van der Waals surface area contributed by atoms with E-state index in [4.69, 9.17) is 4.42 Å². The third-order valence-corrected chi connectivity index (χ3v) is 6.61. The van der Waals surface area contributed by atoms with Crippen LogP contribution >= 0.6 is 0 Å². The molecule has 0 atom stereocenters. The molecule has 0 radical (unpaired) electrons. The molecule has 1 fully saturated rings. The predicted octanol–water partition coefficient (Wildman–Crippen LogP) is 3.31. The van der Waals surface area contributed by atoms with Crippen molar-refractivity contribution in [2.24, 2.45) is 0 Å². The van der Waals surface area contributed by atoms with Crippen LogP contribution in [0.3, 0.4) is 0 Å². The third kappa shape index (κ3) is 6.51. The van der Waals surface area contributed by atoms with Crippen molar-refractivity contribution >= 4 is 28.4 Å². The first-order chi connectivity index (χ1) is 17.4. The second-order valence-corrected chi connectivity index (χ2v) is 9.26. The predicted molar refractivity (Wildman–Crippen MR) is 138 cm³/mol. The van der Waals surface area contributed by atoms with Gasteiger partial charge >= 0.3 is 5.76 Å². The number of hydrogen-bond acceptors (Lipinski definition) is 7. The van der Waals surface area contributed by atoms with Crippen LogP contribution in [0.5, 0.6) is 0 Å². The van der Waals surface area contributed by atoms with E-state index in [9.17, 15) is 19.7 Å². The second kappa shape index (κ2) is 11.9. The lowest BCUT2D eigenvalue weighted by atomic mass is 10.2. The number of unbranched alkanes of at least 4 members (excludes halogenated alkanes) is 1. The summed E-state index contributed by atoms with van der Waals surface area (Å²) in [5.41, 5.74) is 3.12. The summed E-state index contributed by atoms with van der Waals surface area (Å²) >= 11 is 0. The Morgan fingerprint density at radius 2 is 1.86 bits per heavy atom. The fraction of sp³-hybridized carbons (Fsp3) is 0.462. The highest BCUT2D eigenvalue weighted by atomic mass is 16.6. The number of nitro benzene ring substituents is 1. The van der Waals surface area contributed by atoms with E-state index in [1.807, 2.05) is 0 Å². The zero-order valence-electron chi connectivity index (χ0n) is 20.6. The maximum absolute atomic E-state index is 12.2. The molecule has 1 amide bonds. The molecular weight excluding hydrogens is 462 g/mol. The molecule has 1 aliphatic heterocycles. The van der Waals surface area contributed by atoms with E-state index in [-0.39, 0.29) is 17.2 Å². The third-order valence-electron chi connectivity index (χ3n) is 6.61. The van der Waals surface area contributed by atoms with Gasteiger partial charge in [-0.15, -0.1) is 0 Å². The van der Waals surface area contributed by atoms with E-state index in [0.29, 0.717) is 31.4 Å².